The minimum Gasteiger partial charge on any atom is -0.297 e. The quantitative estimate of drug-likeness (QED) is 0.594. The zero-order valence-electron chi connectivity index (χ0n) is 8.34. The second kappa shape index (κ2) is 2.13. The monoisotopic (exact) mass is 177 g/mol. The summed E-state index contributed by atoms with van der Waals surface area (Å²) in [6.07, 6.45) is 9.23. The van der Waals surface area contributed by atoms with Crippen molar-refractivity contribution in [1.29, 1.82) is 0 Å². The molecule has 2 unspecified atom stereocenters. The Kier molecular flexibility index (Phi) is 1.19. The largest absolute Gasteiger partial charge is 0.297 e. The van der Waals surface area contributed by atoms with Gasteiger partial charge >= 0.3 is 0 Å². The summed E-state index contributed by atoms with van der Waals surface area (Å²) in [5, 5.41) is 0. The minimum atomic E-state index is 0.797. The molecule has 0 aromatic rings. The molecule has 0 aromatic carbocycles. The van der Waals surface area contributed by atoms with E-state index >= 15 is 0 Å². The highest BCUT2D eigenvalue weighted by molar-refractivity contribution is 5.29. The van der Waals surface area contributed by atoms with Gasteiger partial charge in [0.25, 0.3) is 0 Å². The van der Waals surface area contributed by atoms with Gasteiger partial charge in [-0.2, -0.15) is 0 Å². The molecule has 0 amide bonds. The molecule has 4 aliphatic carbocycles. The van der Waals surface area contributed by atoms with Crippen LogP contribution in [-0.4, -0.2) is 23.5 Å². The Hall–Kier alpha value is -0.0400. The van der Waals surface area contributed by atoms with Crippen LogP contribution >= 0.6 is 0 Å². The molecule has 5 fully saturated rings. The summed E-state index contributed by atoms with van der Waals surface area (Å²) >= 11 is 0. The van der Waals surface area contributed by atoms with Crippen LogP contribution in [0.5, 0.6) is 0 Å². The maximum Gasteiger partial charge on any atom is 0.0275 e. The SMILES string of the molecule is C1CCN(C23CC4CC2C3C4)CC1. The van der Waals surface area contributed by atoms with Crippen LogP contribution in [0.2, 0.25) is 0 Å². The van der Waals surface area contributed by atoms with E-state index in [1.807, 2.05) is 0 Å². The third kappa shape index (κ3) is 0.707. The van der Waals surface area contributed by atoms with Crippen LogP contribution in [0, 0.1) is 17.8 Å². The van der Waals surface area contributed by atoms with Crippen LogP contribution in [0.15, 0.2) is 0 Å². The first-order valence-corrected chi connectivity index (χ1v) is 6.16. The Morgan fingerprint density at radius 2 is 1.62 bits per heavy atom. The molecular weight excluding hydrogens is 158 g/mol. The number of nitrogens with zero attached hydrogens (tertiary/aromatic N) is 1. The number of likely N-dealkylation sites (tertiary alicyclic amines) is 1. The van der Waals surface area contributed by atoms with Gasteiger partial charge < -0.3 is 0 Å². The summed E-state index contributed by atoms with van der Waals surface area (Å²) in [6, 6.07) is 0. The van der Waals surface area contributed by atoms with Gasteiger partial charge in [-0.3, -0.25) is 4.90 Å². The number of rotatable bonds is 1. The lowest BCUT2D eigenvalue weighted by Crippen LogP contribution is -2.41. The lowest BCUT2D eigenvalue weighted by Gasteiger charge is -2.34. The van der Waals surface area contributed by atoms with E-state index in [4.69, 9.17) is 0 Å². The average molecular weight is 177 g/mol. The second-order valence-electron chi connectivity index (χ2n) is 5.79. The summed E-state index contributed by atoms with van der Waals surface area (Å²) in [7, 11) is 0. The van der Waals surface area contributed by atoms with E-state index in [9.17, 15) is 0 Å². The Balaban J connectivity index is 1.61. The van der Waals surface area contributed by atoms with E-state index in [-0.39, 0.29) is 0 Å². The zero-order chi connectivity index (χ0) is 8.47. The van der Waals surface area contributed by atoms with Crippen LogP contribution in [-0.2, 0) is 0 Å². The van der Waals surface area contributed by atoms with Crippen LogP contribution in [0.4, 0.5) is 0 Å². The van der Waals surface area contributed by atoms with E-state index in [1.165, 1.54) is 32.4 Å². The molecule has 0 spiro atoms. The number of hydrogen-bond donors (Lipinski definition) is 0. The van der Waals surface area contributed by atoms with E-state index in [0.717, 1.165) is 23.3 Å². The van der Waals surface area contributed by atoms with Gasteiger partial charge in [-0.25, -0.2) is 0 Å². The highest BCUT2D eigenvalue weighted by atomic mass is 15.3. The first kappa shape index (κ1) is 7.28. The molecule has 2 atom stereocenters. The molecule has 1 heteroatoms. The molecule has 1 saturated heterocycles. The Morgan fingerprint density at radius 1 is 0.923 bits per heavy atom. The Morgan fingerprint density at radius 3 is 2.15 bits per heavy atom. The summed E-state index contributed by atoms with van der Waals surface area (Å²) in [5.41, 5.74) is 0.797. The summed E-state index contributed by atoms with van der Waals surface area (Å²) in [4.78, 5) is 2.89. The van der Waals surface area contributed by atoms with Gasteiger partial charge in [-0.1, -0.05) is 6.42 Å². The van der Waals surface area contributed by atoms with E-state index < -0.39 is 0 Å². The lowest BCUT2D eigenvalue weighted by molar-refractivity contribution is 0.136. The summed E-state index contributed by atoms with van der Waals surface area (Å²) in [5.74, 6) is 3.48. The zero-order valence-corrected chi connectivity index (χ0v) is 8.34. The maximum atomic E-state index is 2.89. The fourth-order valence-electron chi connectivity index (χ4n) is 4.98. The average Bonchev–Trinajstić information content (AvgIpc) is 2.70. The van der Waals surface area contributed by atoms with Crippen LogP contribution < -0.4 is 0 Å². The highest BCUT2D eigenvalue weighted by Gasteiger charge is 2.76. The third-order valence-electron chi connectivity index (χ3n) is 5.40. The molecule has 0 radical (unpaired) electrons. The van der Waals surface area contributed by atoms with Crippen molar-refractivity contribution >= 4 is 0 Å². The van der Waals surface area contributed by atoms with Crippen LogP contribution in [0.25, 0.3) is 0 Å². The van der Waals surface area contributed by atoms with Gasteiger partial charge in [0, 0.05) is 5.54 Å². The van der Waals surface area contributed by atoms with Gasteiger partial charge in [0.15, 0.2) is 0 Å². The standard InChI is InChI=1S/C12H19N/c1-2-4-13(5-3-1)12-8-9-6-10(12)11(12)7-9/h9-11H,1-8H2. The topological polar surface area (TPSA) is 3.24 Å². The van der Waals surface area contributed by atoms with Crippen molar-refractivity contribution < 1.29 is 0 Å². The molecular formula is C12H19N. The van der Waals surface area contributed by atoms with Gasteiger partial charge in [0.2, 0.25) is 0 Å². The second-order valence-corrected chi connectivity index (χ2v) is 5.79. The molecule has 5 aliphatic rings. The molecule has 4 saturated carbocycles. The molecule has 5 rings (SSSR count). The minimum absolute atomic E-state index is 0.797. The van der Waals surface area contributed by atoms with Crippen molar-refractivity contribution in [3.63, 3.8) is 0 Å². The highest BCUT2D eigenvalue weighted by Crippen LogP contribution is 2.75. The van der Waals surface area contributed by atoms with Crippen molar-refractivity contribution in [1.82, 2.24) is 4.90 Å². The smallest absolute Gasteiger partial charge is 0.0275 e. The fourth-order valence-corrected chi connectivity index (χ4v) is 4.98. The fraction of sp³-hybridized carbons (Fsp3) is 1.00. The molecule has 1 aliphatic heterocycles. The normalized spacial score (nSPS) is 58.6. The van der Waals surface area contributed by atoms with Crippen molar-refractivity contribution in [2.75, 3.05) is 13.1 Å². The van der Waals surface area contributed by atoms with Crippen molar-refractivity contribution in [2.45, 2.75) is 44.1 Å². The molecule has 4 bridgehead atoms. The predicted molar refractivity (Wildman–Crippen MR) is 52.5 cm³/mol. The molecule has 72 valence electrons. The predicted octanol–water partition coefficient (Wildman–Crippen LogP) is 2.27. The van der Waals surface area contributed by atoms with Gasteiger partial charge in [-0.05, 0) is 62.9 Å². The molecule has 1 nitrogen and oxygen atoms in total. The maximum absolute atomic E-state index is 2.89. The number of hydrogen-bond acceptors (Lipinski definition) is 1. The van der Waals surface area contributed by atoms with Gasteiger partial charge in [0.1, 0.15) is 0 Å². The summed E-state index contributed by atoms with van der Waals surface area (Å²) in [6.45, 7) is 2.86. The van der Waals surface area contributed by atoms with E-state index in [1.54, 1.807) is 19.3 Å². The van der Waals surface area contributed by atoms with Gasteiger partial charge in [-0.15, -0.1) is 0 Å². The van der Waals surface area contributed by atoms with Gasteiger partial charge in [0.05, 0.1) is 0 Å². The summed E-state index contributed by atoms with van der Waals surface area (Å²) < 4.78 is 0. The first-order chi connectivity index (χ1) is 6.41. The van der Waals surface area contributed by atoms with E-state index in [2.05, 4.69) is 4.90 Å². The van der Waals surface area contributed by atoms with Crippen molar-refractivity contribution in [3.8, 4) is 0 Å². The molecule has 0 aromatic heterocycles. The molecule has 0 N–H and O–H groups in total. The molecule has 1 heterocycles. The Bertz CT molecular complexity index is 230. The van der Waals surface area contributed by atoms with Crippen molar-refractivity contribution in [2.24, 2.45) is 17.8 Å². The van der Waals surface area contributed by atoms with E-state index in [0.29, 0.717) is 0 Å². The third-order valence-corrected chi connectivity index (χ3v) is 5.40. The van der Waals surface area contributed by atoms with Crippen molar-refractivity contribution in [3.05, 3.63) is 0 Å². The molecule has 13 heavy (non-hydrogen) atoms. The van der Waals surface area contributed by atoms with Crippen LogP contribution in [0.1, 0.15) is 38.5 Å². The first-order valence-electron chi connectivity index (χ1n) is 6.16. The lowest BCUT2D eigenvalue weighted by atomic mass is 10.1. The van der Waals surface area contributed by atoms with Crippen LogP contribution in [0.3, 0.4) is 0 Å². The number of piperidine rings is 1. The Labute approximate surface area is 80.5 Å².